The Morgan fingerprint density at radius 3 is 2.86 bits per heavy atom. The van der Waals surface area contributed by atoms with Gasteiger partial charge in [0.2, 0.25) is 0 Å². The van der Waals surface area contributed by atoms with Crippen LogP contribution in [0.5, 0.6) is 0 Å². The first-order valence-electron chi connectivity index (χ1n) is 7.07. The Labute approximate surface area is 122 Å². The van der Waals surface area contributed by atoms with Crippen LogP contribution in [0, 0.1) is 17.6 Å². The fourth-order valence-corrected chi connectivity index (χ4v) is 3.15. The number of benzene rings is 1. The summed E-state index contributed by atoms with van der Waals surface area (Å²) in [4.78, 5) is 16.4. The average molecular weight is 296 g/mol. The summed E-state index contributed by atoms with van der Waals surface area (Å²) in [5.41, 5.74) is -0.204. The van der Waals surface area contributed by atoms with Crippen molar-refractivity contribution in [3.8, 4) is 0 Å². The van der Waals surface area contributed by atoms with Crippen molar-refractivity contribution in [1.29, 1.82) is 0 Å². The number of carbonyl (C=O) groups excluding carboxylic acids is 1. The van der Waals surface area contributed by atoms with Crippen molar-refractivity contribution < 1.29 is 18.3 Å². The molecule has 114 valence electrons. The molecule has 2 aliphatic rings. The molecule has 0 saturated carbocycles. The number of ether oxygens (including phenoxy) is 1. The van der Waals surface area contributed by atoms with Gasteiger partial charge in [0.05, 0.1) is 24.8 Å². The van der Waals surface area contributed by atoms with Gasteiger partial charge in [-0.2, -0.15) is 0 Å². The first kappa shape index (κ1) is 14.4. The van der Waals surface area contributed by atoms with Crippen LogP contribution in [0.3, 0.4) is 0 Å². The van der Waals surface area contributed by atoms with Crippen molar-refractivity contribution in [3.05, 3.63) is 35.4 Å². The summed E-state index contributed by atoms with van der Waals surface area (Å²) in [6.45, 7) is 3.06. The molecule has 1 aromatic carbocycles. The lowest BCUT2D eigenvalue weighted by molar-refractivity contribution is 0.0480. The minimum atomic E-state index is -1.07. The van der Waals surface area contributed by atoms with Crippen LogP contribution in [0.2, 0.25) is 0 Å². The quantitative estimate of drug-likeness (QED) is 0.784. The Hall–Kier alpha value is -1.53. The molecule has 2 atom stereocenters. The zero-order valence-corrected chi connectivity index (χ0v) is 11.9. The molecule has 0 aliphatic carbocycles. The molecule has 6 heteroatoms. The monoisotopic (exact) mass is 296 g/mol. The summed E-state index contributed by atoms with van der Waals surface area (Å²) in [5, 5.41) is 0. The summed E-state index contributed by atoms with van der Waals surface area (Å²) in [5.74, 6) is -2.33. The molecule has 2 aliphatic heterocycles. The summed E-state index contributed by atoms with van der Waals surface area (Å²) in [6, 6.07) is 3.58. The number of rotatable bonds is 1. The van der Waals surface area contributed by atoms with Gasteiger partial charge in [-0.15, -0.1) is 0 Å². The zero-order valence-electron chi connectivity index (χ0n) is 11.9. The fraction of sp³-hybridized carbons (Fsp3) is 0.533. The Bertz CT molecular complexity index is 552. The second-order valence-corrected chi connectivity index (χ2v) is 5.84. The predicted molar refractivity (Wildman–Crippen MR) is 73.0 cm³/mol. The molecule has 2 heterocycles. The number of hydrogen-bond acceptors (Lipinski definition) is 3. The van der Waals surface area contributed by atoms with Crippen molar-refractivity contribution in [1.82, 2.24) is 9.80 Å². The highest BCUT2D eigenvalue weighted by atomic mass is 19.2. The molecule has 4 nitrogen and oxygen atoms in total. The molecule has 0 aromatic heterocycles. The standard InChI is InChI=1S/C15H18F2N2O2/c1-18-5-10-6-19(11(7-18)9-21-8-10)15(20)12-3-2-4-13(16)14(12)17/h2-4,10-11H,5-9H2,1H3/t10-,11-/m0/s1. The maximum absolute atomic E-state index is 13.9. The summed E-state index contributed by atoms with van der Waals surface area (Å²) in [7, 11) is 2.00. The second kappa shape index (κ2) is 5.69. The number of fused-ring (bicyclic) bond motifs is 3. The van der Waals surface area contributed by atoms with E-state index in [-0.39, 0.29) is 17.5 Å². The molecule has 21 heavy (non-hydrogen) atoms. The molecule has 2 bridgehead atoms. The smallest absolute Gasteiger partial charge is 0.257 e. The lowest BCUT2D eigenvalue weighted by Crippen LogP contribution is -2.46. The largest absolute Gasteiger partial charge is 0.379 e. The van der Waals surface area contributed by atoms with E-state index < -0.39 is 17.5 Å². The number of halogens is 2. The first-order chi connectivity index (χ1) is 10.1. The second-order valence-electron chi connectivity index (χ2n) is 5.84. The molecular weight excluding hydrogens is 278 g/mol. The third kappa shape index (κ3) is 2.78. The minimum absolute atomic E-state index is 0.127. The van der Waals surface area contributed by atoms with E-state index >= 15 is 0 Å². The Kier molecular flexibility index (Phi) is 3.91. The number of amides is 1. The molecular formula is C15H18F2N2O2. The lowest BCUT2D eigenvalue weighted by atomic mass is 10.1. The highest BCUT2D eigenvalue weighted by Crippen LogP contribution is 2.22. The van der Waals surface area contributed by atoms with E-state index in [1.54, 1.807) is 4.90 Å². The van der Waals surface area contributed by atoms with Crippen LogP contribution in [-0.2, 0) is 4.74 Å². The van der Waals surface area contributed by atoms with Gasteiger partial charge in [-0.25, -0.2) is 8.78 Å². The van der Waals surface area contributed by atoms with Crippen molar-refractivity contribution >= 4 is 5.91 Å². The first-order valence-corrected chi connectivity index (χ1v) is 7.07. The average Bonchev–Trinajstić information content (AvgIpc) is 2.71. The van der Waals surface area contributed by atoms with Gasteiger partial charge in [0.1, 0.15) is 0 Å². The molecule has 2 saturated heterocycles. The minimum Gasteiger partial charge on any atom is -0.379 e. The van der Waals surface area contributed by atoms with Gasteiger partial charge in [0, 0.05) is 25.6 Å². The zero-order chi connectivity index (χ0) is 15.0. The van der Waals surface area contributed by atoms with Gasteiger partial charge >= 0.3 is 0 Å². The maximum Gasteiger partial charge on any atom is 0.257 e. The third-order valence-electron chi connectivity index (χ3n) is 4.09. The predicted octanol–water partition coefficient (Wildman–Crippen LogP) is 1.37. The topological polar surface area (TPSA) is 32.8 Å². The Morgan fingerprint density at radius 2 is 2.05 bits per heavy atom. The molecule has 0 N–H and O–H groups in total. The van der Waals surface area contributed by atoms with Crippen LogP contribution >= 0.6 is 0 Å². The molecule has 0 radical (unpaired) electrons. The van der Waals surface area contributed by atoms with Gasteiger partial charge in [-0.3, -0.25) is 4.79 Å². The van der Waals surface area contributed by atoms with E-state index in [1.165, 1.54) is 12.1 Å². The van der Waals surface area contributed by atoms with Crippen LogP contribution < -0.4 is 0 Å². The molecule has 3 rings (SSSR count). The number of carbonyl (C=O) groups is 1. The van der Waals surface area contributed by atoms with Gasteiger partial charge in [-0.1, -0.05) is 6.07 Å². The van der Waals surface area contributed by atoms with Crippen LogP contribution in [-0.4, -0.2) is 61.6 Å². The van der Waals surface area contributed by atoms with Gasteiger partial charge in [0.25, 0.3) is 5.91 Å². The van der Waals surface area contributed by atoms with Crippen LogP contribution in [0.25, 0.3) is 0 Å². The highest BCUT2D eigenvalue weighted by molar-refractivity contribution is 5.94. The summed E-state index contributed by atoms with van der Waals surface area (Å²) in [6.07, 6.45) is 0. The van der Waals surface area contributed by atoms with Crippen LogP contribution in [0.1, 0.15) is 10.4 Å². The van der Waals surface area contributed by atoms with E-state index in [4.69, 9.17) is 4.74 Å². The molecule has 0 unspecified atom stereocenters. The SMILES string of the molecule is CN1C[C@@H]2COC[C@H](C1)N(C(=O)c1cccc(F)c1F)C2. The number of likely N-dealkylation sites (N-methyl/N-ethyl adjacent to an activating group) is 1. The van der Waals surface area contributed by atoms with Crippen LogP contribution in [0.15, 0.2) is 18.2 Å². The molecule has 0 spiro atoms. The van der Waals surface area contributed by atoms with E-state index in [9.17, 15) is 13.6 Å². The number of hydrogen-bond donors (Lipinski definition) is 0. The van der Waals surface area contributed by atoms with Gasteiger partial charge in [-0.05, 0) is 19.2 Å². The molecule has 2 fully saturated rings. The Balaban J connectivity index is 1.91. The van der Waals surface area contributed by atoms with Crippen LogP contribution in [0.4, 0.5) is 8.78 Å². The van der Waals surface area contributed by atoms with E-state index in [1.807, 2.05) is 7.05 Å². The van der Waals surface area contributed by atoms with Gasteiger partial charge in [0.15, 0.2) is 11.6 Å². The highest BCUT2D eigenvalue weighted by Gasteiger charge is 2.36. The third-order valence-corrected chi connectivity index (χ3v) is 4.09. The van der Waals surface area contributed by atoms with Crippen molar-refractivity contribution in [2.45, 2.75) is 6.04 Å². The summed E-state index contributed by atoms with van der Waals surface area (Å²) >= 11 is 0. The summed E-state index contributed by atoms with van der Waals surface area (Å²) < 4.78 is 32.8. The number of nitrogens with zero attached hydrogens (tertiary/aromatic N) is 2. The molecule has 1 amide bonds. The lowest BCUT2D eigenvalue weighted by Gasteiger charge is -2.29. The van der Waals surface area contributed by atoms with Crippen molar-refractivity contribution in [3.63, 3.8) is 0 Å². The maximum atomic E-state index is 13.9. The Morgan fingerprint density at radius 1 is 1.24 bits per heavy atom. The van der Waals surface area contributed by atoms with Crippen molar-refractivity contribution in [2.75, 3.05) is 39.9 Å². The van der Waals surface area contributed by atoms with E-state index in [2.05, 4.69) is 4.90 Å². The van der Waals surface area contributed by atoms with E-state index in [0.717, 1.165) is 12.6 Å². The normalized spacial score (nSPS) is 26.5. The molecule has 1 aromatic rings. The van der Waals surface area contributed by atoms with E-state index in [0.29, 0.717) is 26.3 Å². The van der Waals surface area contributed by atoms with Crippen molar-refractivity contribution in [2.24, 2.45) is 5.92 Å². The van der Waals surface area contributed by atoms with Gasteiger partial charge < -0.3 is 14.5 Å². The fourth-order valence-electron chi connectivity index (χ4n) is 3.15.